The van der Waals surface area contributed by atoms with Gasteiger partial charge in [-0.25, -0.2) is 4.79 Å². The van der Waals surface area contributed by atoms with Crippen molar-refractivity contribution >= 4 is 5.97 Å². The molecular formula is C25H23F2N3O5. The first-order valence-electron chi connectivity index (χ1n) is 11.4. The summed E-state index contributed by atoms with van der Waals surface area (Å²) < 4.78 is 41.2. The first kappa shape index (κ1) is 21.8. The van der Waals surface area contributed by atoms with Crippen LogP contribution >= 0.6 is 0 Å². The number of nitrogens with zero attached hydrogens (tertiary/aromatic N) is 3. The van der Waals surface area contributed by atoms with Gasteiger partial charge in [0, 0.05) is 29.3 Å². The lowest BCUT2D eigenvalue weighted by Crippen LogP contribution is -2.35. The molecular weight excluding hydrogens is 460 g/mol. The number of rotatable bonds is 3. The molecule has 0 saturated heterocycles. The SMILES string of the molecule is CC(C)(C)[C@@H]1Cn2nc(C3CC3)c(-c3cccc4c3OC(F)(F)O4)c2-c2cc(=O)c(C(=O)O)cn21. The number of hydrogen-bond donors (Lipinski definition) is 1. The topological polar surface area (TPSA) is 95.6 Å². The highest BCUT2D eigenvalue weighted by Crippen LogP contribution is 2.54. The number of aromatic carboxylic acids is 1. The second-order valence-corrected chi connectivity index (χ2v) is 10.4. The Kier molecular flexibility index (Phi) is 4.32. The fourth-order valence-corrected chi connectivity index (χ4v) is 5.05. The number of fused-ring (bicyclic) bond motifs is 4. The van der Waals surface area contributed by atoms with Crippen LogP contribution in [0.25, 0.3) is 22.5 Å². The van der Waals surface area contributed by atoms with Gasteiger partial charge in [-0.2, -0.15) is 5.10 Å². The van der Waals surface area contributed by atoms with Gasteiger partial charge >= 0.3 is 12.3 Å². The summed E-state index contributed by atoms with van der Waals surface area (Å²) in [5.74, 6) is -1.29. The Hall–Kier alpha value is -3.69. The molecule has 3 aliphatic rings. The van der Waals surface area contributed by atoms with Gasteiger partial charge in [-0.1, -0.05) is 32.9 Å². The normalized spacial score (nSPS) is 19.9. The van der Waals surface area contributed by atoms with E-state index >= 15 is 0 Å². The quantitative estimate of drug-likeness (QED) is 0.571. The maximum atomic E-state index is 14.0. The molecule has 182 valence electrons. The lowest BCUT2D eigenvalue weighted by molar-refractivity contribution is -0.286. The molecule has 35 heavy (non-hydrogen) atoms. The van der Waals surface area contributed by atoms with Crippen molar-refractivity contribution in [3.05, 3.63) is 51.9 Å². The molecule has 3 aromatic rings. The van der Waals surface area contributed by atoms with Gasteiger partial charge < -0.3 is 19.1 Å². The van der Waals surface area contributed by atoms with Crippen molar-refractivity contribution in [2.45, 2.75) is 58.4 Å². The molecule has 2 aromatic heterocycles. The van der Waals surface area contributed by atoms with Crippen molar-refractivity contribution in [1.29, 1.82) is 0 Å². The molecule has 1 saturated carbocycles. The van der Waals surface area contributed by atoms with Crippen LogP contribution in [0.4, 0.5) is 8.78 Å². The van der Waals surface area contributed by atoms with E-state index < -0.39 is 17.7 Å². The number of pyridine rings is 1. The highest BCUT2D eigenvalue weighted by molar-refractivity contribution is 5.90. The van der Waals surface area contributed by atoms with Crippen molar-refractivity contribution in [1.82, 2.24) is 14.3 Å². The average Bonchev–Trinajstić information content (AvgIpc) is 3.45. The summed E-state index contributed by atoms with van der Waals surface area (Å²) in [5.41, 5.74) is 1.58. The lowest BCUT2D eigenvalue weighted by Gasteiger charge is -2.38. The molecule has 0 amide bonds. The molecule has 8 nitrogen and oxygen atoms in total. The number of para-hydroxylation sites is 1. The third-order valence-electron chi connectivity index (χ3n) is 6.88. The number of benzene rings is 1. The number of carbonyl (C=O) groups is 1. The third kappa shape index (κ3) is 3.34. The smallest absolute Gasteiger partial charge is 0.477 e. The molecule has 10 heteroatoms. The van der Waals surface area contributed by atoms with Gasteiger partial charge in [0.2, 0.25) is 0 Å². The second-order valence-electron chi connectivity index (χ2n) is 10.4. The van der Waals surface area contributed by atoms with Crippen molar-refractivity contribution in [3.63, 3.8) is 0 Å². The number of ether oxygens (including phenoxy) is 2. The number of carboxylic acids is 1. The number of alkyl halides is 2. The molecule has 1 fully saturated rings. The molecule has 2 aliphatic heterocycles. The predicted molar refractivity (Wildman–Crippen MR) is 121 cm³/mol. The Morgan fingerprint density at radius 1 is 1.23 bits per heavy atom. The number of hydrogen-bond acceptors (Lipinski definition) is 5. The molecule has 1 aromatic carbocycles. The molecule has 6 rings (SSSR count). The molecule has 1 N–H and O–H groups in total. The van der Waals surface area contributed by atoms with Crippen LogP contribution in [0.1, 0.15) is 61.6 Å². The van der Waals surface area contributed by atoms with E-state index in [-0.39, 0.29) is 34.4 Å². The summed E-state index contributed by atoms with van der Waals surface area (Å²) in [6.07, 6.45) is -0.566. The van der Waals surface area contributed by atoms with Crippen LogP contribution in [-0.2, 0) is 6.54 Å². The van der Waals surface area contributed by atoms with Crippen LogP contribution < -0.4 is 14.9 Å². The van der Waals surface area contributed by atoms with Gasteiger partial charge in [0.25, 0.3) is 0 Å². The first-order valence-corrected chi connectivity index (χ1v) is 11.4. The summed E-state index contributed by atoms with van der Waals surface area (Å²) in [5, 5.41) is 14.5. The van der Waals surface area contributed by atoms with E-state index in [1.165, 1.54) is 18.3 Å². The van der Waals surface area contributed by atoms with Gasteiger partial charge in [-0.3, -0.25) is 9.48 Å². The van der Waals surface area contributed by atoms with Crippen LogP contribution in [0, 0.1) is 5.41 Å². The minimum Gasteiger partial charge on any atom is -0.477 e. The zero-order valence-corrected chi connectivity index (χ0v) is 19.3. The summed E-state index contributed by atoms with van der Waals surface area (Å²) in [6.45, 7) is 6.54. The van der Waals surface area contributed by atoms with E-state index in [1.807, 2.05) is 30.0 Å². The Balaban J connectivity index is 1.66. The minimum atomic E-state index is -3.78. The van der Waals surface area contributed by atoms with Crippen LogP contribution in [-0.4, -0.2) is 31.7 Å². The first-order chi connectivity index (χ1) is 16.4. The highest BCUT2D eigenvalue weighted by Gasteiger charge is 2.46. The van der Waals surface area contributed by atoms with Crippen molar-refractivity contribution in [2.75, 3.05) is 0 Å². The number of aromatic nitrogens is 3. The van der Waals surface area contributed by atoms with Gasteiger partial charge in [0.1, 0.15) is 5.56 Å². The van der Waals surface area contributed by atoms with E-state index in [0.717, 1.165) is 18.5 Å². The lowest BCUT2D eigenvalue weighted by atomic mass is 9.84. The van der Waals surface area contributed by atoms with E-state index in [4.69, 9.17) is 9.84 Å². The van der Waals surface area contributed by atoms with Crippen molar-refractivity contribution in [3.8, 4) is 34.0 Å². The monoisotopic (exact) mass is 483 g/mol. The molecule has 1 atom stereocenters. The molecule has 0 bridgehead atoms. The summed E-state index contributed by atoms with van der Waals surface area (Å²) in [4.78, 5) is 24.6. The van der Waals surface area contributed by atoms with Crippen molar-refractivity contribution in [2.24, 2.45) is 5.41 Å². The molecule has 0 spiro atoms. The van der Waals surface area contributed by atoms with E-state index in [2.05, 4.69) is 4.74 Å². The number of carboxylic acid groups (broad SMARTS) is 1. The molecule has 0 radical (unpaired) electrons. The standard InChI is InChI=1S/C25H23F2N3O5/c1-24(2,3)18-11-30-21(15-9-16(31)14(23(32)33)10-29(15)18)19(20(28-30)12-7-8-12)13-5-4-6-17-22(13)35-25(26,27)34-17/h4-6,9-10,12,18H,7-8,11H2,1-3H3,(H,32,33)/t18-/m0/s1. The van der Waals surface area contributed by atoms with Crippen LogP contribution in [0.5, 0.6) is 11.5 Å². The Morgan fingerprint density at radius 2 is 1.97 bits per heavy atom. The largest absolute Gasteiger partial charge is 0.586 e. The molecule has 4 heterocycles. The van der Waals surface area contributed by atoms with Crippen molar-refractivity contribution < 1.29 is 28.2 Å². The Labute approximate surface area is 198 Å². The van der Waals surface area contributed by atoms with E-state index in [0.29, 0.717) is 29.1 Å². The van der Waals surface area contributed by atoms with Gasteiger partial charge in [-0.05, 0) is 24.3 Å². The number of halogens is 2. The maximum Gasteiger partial charge on any atom is 0.586 e. The maximum absolute atomic E-state index is 14.0. The second kappa shape index (κ2) is 6.93. The fourth-order valence-electron chi connectivity index (χ4n) is 5.05. The Bertz CT molecular complexity index is 1460. The minimum absolute atomic E-state index is 0.0730. The van der Waals surface area contributed by atoms with Crippen LogP contribution in [0.3, 0.4) is 0 Å². The third-order valence-corrected chi connectivity index (χ3v) is 6.88. The zero-order chi connectivity index (χ0) is 24.9. The van der Waals surface area contributed by atoms with E-state index in [9.17, 15) is 23.5 Å². The zero-order valence-electron chi connectivity index (χ0n) is 19.3. The average molecular weight is 483 g/mol. The molecule has 1 aliphatic carbocycles. The summed E-state index contributed by atoms with van der Waals surface area (Å²) >= 11 is 0. The van der Waals surface area contributed by atoms with Gasteiger partial charge in [0.15, 0.2) is 16.9 Å². The summed E-state index contributed by atoms with van der Waals surface area (Å²) in [6, 6.07) is 5.82. The summed E-state index contributed by atoms with van der Waals surface area (Å²) in [7, 11) is 0. The van der Waals surface area contributed by atoms with E-state index in [1.54, 1.807) is 12.1 Å². The van der Waals surface area contributed by atoms with Crippen LogP contribution in [0.15, 0.2) is 35.3 Å². The fraction of sp³-hybridized carbons (Fsp3) is 0.400. The van der Waals surface area contributed by atoms with Gasteiger partial charge in [-0.15, -0.1) is 8.78 Å². The van der Waals surface area contributed by atoms with Gasteiger partial charge in [0.05, 0.1) is 29.7 Å². The highest BCUT2D eigenvalue weighted by atomic mass is 19.3. The van der Waals surface area contributed by atoms with Crippen LogP contribution in [0.2, 0.25) is 0 Å². The predicted octanol–water partition coefficient (Wildman–Crippen LogP) is 4.88. The Morgan fingerprint density at radius 3 is 2.63 bits per heavy atom. The molecule has 0 unspecified atom stereocenters.